The molecule has 0 aromatic heterocycles. The summed E-state index contributed by atoms with van der Waals surface area (Å²) < 4.78 is 13.7. The number of nitrogens with one attached hydrogen (secondary N) is 1. The van der Waals surface area contributed by atoms with Crippen molar-refractivity contribution in [2.24, 2.45) is 0 Å². The Balaban J connectivity index is 1.47. The van der Waals surface area contributed by atoms with Crippen molar-refractivity contribution in [3.8, 4) is 0 Å². The third-order valence-electron chi connectivity index (χ3n) is 4.79. The average molecular weight is 355 g/mol. The minimum absolute atomic E-state index is 0.0521. The van der Waals surface area contributed by atoms with Crippen LogP contribution in [0.5, 0.6) is 0 Å². The van der Waals surface area contributed by atoms with Crippen LogP contribution in [0.3, 0.4) is 0 Å². The highest BCUT2D eigenvalue weighted by molar-refractivity contribution is 5.89. The Morgan fingerprint density at radius 2 is 1.69 bits per heavy atom. The van der Waals surface area contributed by atoms with Crippen LogP contribution in [0.4, 0.5) is 14.9 Å². The molecule has 5 heteroatoms. The molecule has 26 heavy (non-hydrogen) atoms. The van der Waals surface area contributed by atoms with Crippen LogP contribution in [-0.2, 0) is 6.42 Å². The molecule has 0 radical (unpaired) electrons. The molecule has 0 spiro atoms. The first kappa shape index (κ1) is 18.4. The SMILES string of the molecule is Cc1cc(C)cc(NC(=O)N2CCN(CCc3ccccc3F)CC2)c1. The Kier molecular flexibility index (Phi) is 5.89. The van der Waals surface area contributed by atoms with Crippen LogP contribution < -0.4 is 5.32 Å². The Hall–Kier alpha value is -2.40. The van der Waals surface area contributed by atoms with Crippen molar-refractivity contribution in [3.63, 3.8) is 0 Å². The molecule has 0 saturated carbocycles. The third-order valence-corrected chi connectivity index (χ3v) is 4.79. The average Bonchev–Trinajstić information content (AvgIpc) is 2.60. The van der Waals surface area contributed by atoms with E-state index in [-0.39, 0.29) is 11.8 Å². The largest absolute Gasteiger partial charge is 0.322 e. The fourth-order valence-corrected chi connectivity index (χ4v) is 3.40. The van der Waals surface area contributed by atoms with Gasteiger partial charge in [-0.2, -0.15) is 0 Å². The molecule has 0 unspecified atom stereocenters. The van der Waals surface area contributed by atoms with E-state index in [1.54, 1.807) is 6.07 Å². The van der Waals surface area contributed by atoms with E-state index in [9.17, 15) is 9.18 Å². The number of benzene rings is 2. The summed E-state index contributed by atoms with van der Waals surface area (Å²) in [6.45, 7) is 7.87. The second-order valence-corrected chi connectivity index (χ2v) is 6.98. The molecule has 2 aromatic carbocycles. The summed E-state index contributed by atoms with van der Waals surface area (Å²) in [6, 6.07) is 12.9. The van der Waals surface area contributed by atoms with Crippen molar-refractivity contribution in [3.05, 3.63) is 65.0 Å². The summed E-state index contributed by atoms with van der Waals surface area (Å²) in [4.78, 5) is 16.6. The first-order chi connectivity index (χ1) is 12.5. The fourth-order valence-electron chi connectivity index (χ4n) is 3.40. The number of piperazine rings is 1. The predicted octanol–water partition coefficient (Wildman–Crippen LogP) is 3.83. The van der Waals surface area contributed by atoms with Crippen molar-refractivity contribution in [1.82, 2.24) is 9.80 Å². The Morgan fingerprint density at radius 3 is 2.35 bits per heavy atom. The van der Waals surface area contributed by atoms with Gasteiger partial charge in [-0.25, -0.2) is 9.18 Å². The smallest absolute Gasteiger partial charge is 0.321 e. The van der Waals surface area contributed by atoms with E-state index in [2.05, 4.69) is 16.3 Å². The topological polar surface area (TPSA) is 35.6 Å². The Bertz CT molecular complexity index is 749. The van der Waals surface area contributed by atoms with Gasteiger partial charge in [-0.1, -0.05) is 24.3 Å². The van der Waals surface area contributed by atoms with Gasteiger partial charge in [0.15, 0.2) is 0 Å². The van der Waals surface area contributed by atoms with Crippen molar-refractivity contribution in [2.45, 2.75) is 20.3 Å². The highest BCUT2D eigenvalue weighted by atomic mass is 19.1. The number of anilines is 1. The number of halogens is 1. The fraction of sp³-hybridized carbons (Fsp3) is 0.381. The van der Waals surface area contributed by atoms with Crippen LogP contribution in [0.1, 0.15) is 16.7 Å². The summed E-state index contributed by atoms with van der Waals surface area (Å²) in [5.41, 5.74) is 3.87. The number of aryl methyl sites for hydroxylation is 2. The summed E-state index contributed by atoms with van der Waals surface area (Å²) >= 11 is 0. The van der Waals surface area contributed by atoms with Crippen LogP contribution in [0.15, 0.2) is 42.5 Å². The summed E-state index contributed by atoms with van der Waals surface area (Å²) in [5, 5.41) is 2.99. The first-order valence-electron chi connectivity index (χ1n) is 9.11. The maximum absolute atomic E-state index is 13.7. The molecule has 138 valence electrons. The van der Waals surface area contributed by atoms with Crippen LogP contribution in [0.2, 0.25) is 0 Å². The van der Waals surface area contributed by atoms with Crippen LogP contribution in [-0.4, -0.2) is 48.6 Å². The van der Waals surface area contributed by atoms with E-state index in [1.165, 1.54) is 6.07 Å². The molecule has 0 bridgehead atoms. The molecule has 0 aliphatic carbocycles. The quantitative estimate of drug-likeness (QED) is 0.905. The van der Waals surface area contributed by atoms with Gasteiger partial charge in [0, 0.05) is 38.4 Å². The Labute approximate surface area is 154 Å². The highest BCUT2D eigenvalue weighted by Crippen LogP contribution is 2.15. The van der Waals surface area contributed by atoms with E-state index in [4.69, 9.17) is 0 Å². The number of rotatable bonds is 4. The van der Waals surface area contributed by atoms with Gasteiger partial charge >= 0.3 is 6.03 Å². The number of hydrogen-bond donors (Lipinski definition) is 1. The predicted molar refractivity (Wildman–Crippen MR) is 103 cm³/mol. The molecule has 1 aliphatic rings. The number of nitrogens with zero attached hydrogens (tertiary/aromatic N) is 2. The lowest BCUT2D eigenvalue weighted by atomic mass is 10.1. The lowest BCUT2D eigenvalue weighted by molar-refractivity contribution is 0.148. The zero-order valence-corrected chi connectivity index (χ0v) is 15.5. The molecule has 2 amide bonds. The zero-order valence-electron chi connectivity index (χ0n) is 15.5. The second kappa shape index (κ2) is 8.32. The third kappa shape index (κ3) is 4.82. The molecular formula is C21H26FN3O. The van der Waals surface area contributed by atoms with Gasteiger partial charge in [-0.05, 0) is 55.2 Å². The van der Waals surface area contributed by atoms with E-state index in [0.717, 1.165) is 42.0 Å². The van der Waals surface area contributed by atoms with E-state index in [1.807, 2.05) is 43.0 Å². The number of carbonyl (C=O) groups excluding carboxylic acids is 1. The lowest BCUT2D eigenvalue weighted by Crippen LogP contribution is -2.50. The molecule has 1 saturated heterocycles. The van der Waals surface area contributed by atoms with Crippen LogP contribution >= 0.6 is 0 Å². The number of urea groups is 1. The highest BCUT2D eigenvalue weighted by Gasteiger charge is 2.21. The van der Waals surface area contributed by atoms with Gasteiger partial charge in [-0.3, -0.25) is 4.90 Å². The minimum Gasteiger partial charge on any atom is -0.322 e. The molecule has 3 rings (SSSR count). The van der Waals surface area contributed by atoms with Crippen molar-refractivity contribution in [2.75, 3.05) is 38.0 Å². The zero-order chi connectivity index (χ0) is 18.5. The molecule has 1 heterocycles. The molecule has 1 aliphatic heterocycles. The standard InChI is InChI=1S/C21H26FN3O/c1-16-13-17(2)15-19(14-16)23-21(26)25-11-9-24(10-12-25)8-7-18-5-3-4-6-20(18)22/h3-6,13-15H,7-12H2,1-2H3,(H,23,26). The molecule has 1 N–H and O–H groups in total. The summed E-state index contributed by atoms with van der Waals surface area (Å²) in [5.74, 6) is -0.140. The van der Waals surface area contributed by atoms with Gasteiger partial charge in [0.25, 0.3) is 0 Å². The van der Waals surface area contributed by atoms with Gasteiger partial charge in [0.1, 0.15) is 5.82 Å². The van der Waals surface area contributed by atoms with Gasteiger partial charge in [0.05, 0.1) is 0 Å². The maximum atomic E-state index is 13.7. The van der Waals surface area contributed by atoms with E-state index >= 15 is 0 Å². The van der Waals surface area contributed by atoms with Crippen molar-refractivity contribution >= 4 is 11.7 Å². The monoisotopic (exact) mass is 355 g/mol. The normalized spacial score (nSPS) is 15.1. The van der Waals surface area contributed by atoms with Gasteiger partial charge in [0.2, 0.25) is 0 Å². The van der Waals surface area contributed by atoms with Crippen molar-refractivity contribution < 1.29 is 9.18 Å². The van der Waals surface area contributed by atoms with E-state index < -0.39 is 0 Å². The summed E-state index contributed by atoms with van der Waals surface area (Å²) in [6.07, 6.45) is 0.696. The maximum Gasteiger partial charge on any atom is 0.321 e. The number of carbonyl (C=O) groups is 1. The lowest BCUT2D eigenvalue weighted by Gasteiger charge is -2.34. The van der Waals surface area contributed by atoms with Crippen LogP contribution in [0, 0.1) is 19.7 Å². The van der Waals surface area contributed by atoms with Crippen molar-refractivity contribution in [1.29, 1.82) is 0 Å². The second-order valence-electron chi connectivity index (χ2n) is 6.98. The van der Waals surface area contributed by atoms with Gasteiger partial charge in [-0.15, -0.1) is 0 Å². The number of hydrogen-bond acceptors (Lipinski definition) is 2. The van der Waals surface area contributed by atoms with Crippen LogP contribution in [0.25, 0.3) is 0 Å². The molecule has 4 nitrogen and oxygen atoms in total. The molecule has 1 fully saturated rings. The summed E-state index contributed by atoms with van der Waals surface area (Å²) in [7, 11) is 0. The molecule has 0 atom stereocenters. The first-order valence-corrected chi connectivity index (χ1v) is 9.11. The van der Waals surface area contributed by atoms with E-state index in [0.29, 0.717) is 19.5 Å². The molecule has 2 aromatic rings. The molecular weight excluding hydrogens is 329 g/mol. The number of amides is 2. The van der Waals surface area contributed by atoms with Gasteiger partial charge < -0.3 is 10.2 Å². The Morgan fingerprint density at radius 1 is 1.04 bits per heavy atom. The minimum atomic E-state index is -0.140.